The number of nitrogens with one attached hydrogen (secondary N) is 2. The van der Waals surface area contributed by atoms with E-state index in [1.54, 1.807) is 12.1 Å². The summed E-state index contributed by atoms with van der Waals surface area (Å²) in [6.07, 6.45) is 1.40. The molecule has 0 spiro atoms. The minimum atomic E-state index is -0.646. The number of halogens is 3. The summed E-state index contributed by atoms with van der Waals surface area (Å²) in [4.78, 5) is 23.4. The number of rotatable bonds is 4. The normalized spacial score (nSPS) is 10.5. The lowest BCUT2D eigenvalue weighted by Crippen LogP contribution is -2.14. The Morgan fingerprint density at radius 1 is 1.06 bits per heavy atom. The van der Waals surface area contributed by atoms with Gasteiger partial charge in [-0.2, -0.15) is 5.26 Å². The number of H-pyrrole nitrogens is 1. The molecule has 2 heterocycles. The number of carbonyl (C=O) groups is 1. The van der Waals surface area contributed by atoms with Gasteiger partial charge in [0.15, 0.2) is 5.69 Å². The molecule has 2 aromatic heterocycles. The third kappa shape index (κ3) is 3.99. The molecule has 31 heavy (non-hydrogen) atoms. The van der Waals surface area contributed by atoms with Gasteiger partial charge in [-0.3, -0.25) is 4.79 Å². The fourth-order valence-corrected chi connectivity index (χ4v) is 3.20. The van der Waals surface area contributed by atoms with Gasteiger partial charge in [0.05, 0.1) is 21.8 Å². The van der Waals surface area contributed by atoms with Crippen molar-refractivity contribution in [2.75, 3.05) is 5.32 Å². The molecular weight excluding hydrogens is 424 g/mol. The van der Waals surface area contributed by atoms with E-state index in [2.05, 4.69) is 20.3 Å². The lowest BCUT2D eigenvalue weighted by atomic mass is 10.1. The summed E-state index contributed by atoms with van der Waals surface area (Å²) in [5, 5.41) is 12.1. The van der Waals surface area contributed by atoms with Crippen molar-refractivity contribution in [1.82, 2.24) is 15.0 Å². The summed E-state index contributed by atoms with van der Waals surface area (Å²) >= 11 is 6.08. The summed E-state index contributed by atoms with van der Waals surface area (Å²) in [7, 11) is 0. The molecule has 0 aliphatic rings. The summed E-state index contributed by atoms with van der Waals surface area (Å²) < 4.78 is 28.0. The Kier molecular flexibility index (Phi) is 5.43. The van der Waals surface area contributed by atoms with Gasteiger partial charge >= 0.3 is 0 Å². The van der Waals surface area contributed by atoms with E-state index in [1.165, 1.54) is 48.7 Å². The summed E-state index contributed by atoms with van der Waals surface area (Å²) in [5.41, 5.74) is 0.760. The zero-order valence-corrected chi connectivity index (χ0v) is 16.4. The largest absolute Gasteiger partial charge is 0.337 e. The zero-order valence-electron chi connectivity index (χ0n) is 15.7. The predicted molar refractivity (Wildman–Crippen MR) is 111 cm³/mol. The molecule has 9 heteroatoms. The Hall–Kier alpha value is -4.09. The standard InChI is InChI=1S/C22H12ClF2N5O/c23-14-5-3-7-16(25)19(14)21-28-17(10-26)20(30-21)12-8-9-18(27-11-12)29-22(31)13-4-1-2-6-15(13)24/h1-9,11H,(H,28,30)(H,27,29,31). The molecule has 0 bridgehead atoms. The predicted octanol–water partition coefficient (Wildman–Crippen LogP) is 5.19. The second kappa shape index (κ2) is 8.34. The number of hydrogen-bond donors (Lipinski definition) is 2. The molecule has 4 aromatic rings. The van der Waals surface area contributed by atoms with E-state index in [9.17, 15) is 18.8 Å². The van der Waals surface area contributed by atoms with Crippen LogP contribution in [-0.4, -0.2) is 20.9 Å². The van der Waals surface area contributed by atoms with Gasteiger partial charge < -0.3 is 10.3 Å². The van der Waals surface area contributed by atoms with Crippen molar-refractivity contribution >= 4 is 23.3 Å². The first-order valence-electron chi connectivity index (χ1n) is 8.94. The average Bonchev–Trinajstić information content (AvgIpc) is 3.18. The van der Waals surface area contributed by atoms with Crippen LogP contribution in [0.25, 0.3) is 22.6 Å². The van der Waals surface area contributed by atoms with E-state index >= 15 is 0 Å². The van der Waals surface area contributed by atoms with Crippen LogP contribution in [-0.2, 0) is 0 Å². The van der Waals surface area contributed by atoms with Crippen LogP contribution in [0, 0.1) is 23.0 Å². The van der Waals surface area contributed by atoms with Crippen molar-refractivity contribution in [3.63, 3.8) is 0 Å². The molecule has 2 N–H and O–H groups in total. The highest BCUT2D eigenvalue weighted by Crippen LogP contribution is 2.32. The van der Waals surface area contributed by atoms with Gasteiger partial charge in [0, 0.05) is 11.8 Å². The van der Waals surface area contributed by atoms with E-state index in [4.69, 9.17) is 11.6 Å². The Balaban J connectivity index is 1.63. The highest BCUT2D eigenvalue weighted by Gasteiger charge is 2.18. The van der Waals surface area contributed by atoms with E-state index in [0.717, 1.165) is 0 Å². The Morgan fingerprint density at radius 2 is 1.84 bits per heavy atom. The van der Waals surface area contributed by atoms with Gasteiger partial charge in [0.25, 0.3) is 5.91 Å². The molecule has 0 saturated carbocycles. The van der Waals surface area contributed by atoms with Crippen LogP contribution in [0.1, 0.15) is 16.1 Å². The highest BCUT2D eigenvalue weighted by molar-refractivity contribution is 6.33. The summed E-state index contributed by atoms with van der Waals surface area (Å²) in [6, 6.07) is 14.8. The van der Waals surface area contributed by atoms with Crippen molar-refractivity contribution in [3.8, 4) is 28.7 Å². The SMILES string of the molecule is N#Cc1nc(-c2c(F)cccc2Cl)[nH]c1-c1ccc(NC(=O)c2ccccc2F)nc1. The zero-order chi connectivity index (χ0) is 22.0. The Bertz CT molecular complexity index is 1310. The first kappa shape index (κ1) is 20.2. The van der Waals surface area contributed by atoms with E-state index in [1.807, 2.05) is 6.07 Å². The molecule has 0 saturated heterocycles. The van der Waals surface area contributed by atoms with Crippen LogP contribution in [0.3, 0.4) is 0 Å². The highest BCUT2D eigenvalue weighted by atomic mass is 35.5. The summed E-state index contributed by atoms with van der Waals surface area (Å²) in [6.45, 7) is 0. The fraction of sp³-hybridized carbons (Fsp3) is 0. The van der Waals surface area contributed by atoms with Gasteiger partial charge in [-0.05, 0) is 36.4 Å². The van der Waals surface area contributed by atoms with Crippen LogP contribution >= 0.6 is 11.6 Å². The van der Waals surface area contributed by atoms with E-state index < -0.39 is 17.5 Å². The van der Waals surface area contributed by atoms with Gasteiger partial charge in [-0.25, -0.2) is 18.7 Å². The Labute approximate surface area is 180 Å². The van der Waals surface area contributed by atoms with Crippen molar-refractivity contribution in [2.24, 2.45) is 0 Å². The fourth-order valence-electron chi connectivity index (χ4n) is 2.95. The first-order valence-corrected chi connectivity index (χ1v) is 9.32. The van der Waals surface area contributed by atoms with Crippen molar-refractivity contribution < 1.29 is 13.6 Å². The molecular formula is C22H12ClF2N5O. The number of hydrogen-bond acceptors (Lipinski definition) is 4. The first-order chi connectivity index (χ1) is 15.0. The Morgan fingerprint density at radius 3 is 2.52 bits per heavy atom. The number of aromatic nitrogens is 3. The number of aromatic amines is 1. The van der Waals surface area contributed by atoms with Crippen LogP contribution in [0.2, 0.25) is 5.02 Å². The van der Waals surface area contributed by atoms with Crippen molar-refractivity contribution in [3.05, 3.63) is 88.7 Å². The maximum absolute atomic E-state index is 14.2. The molecule has 152 valence electrons. The molecule has 6 nitrogen and oxygen atoms in total. The molecule has 2 aromatic carbocycles. The molecule has 1 amide bonds. The molecule has 0 atom stereocenters. The van der Waals surface area contributed by atoms with Crippen LogP contribution in [0.4, 0.5) is 14.6 Å². The minimum absolute atomic E-state index is 0.0271. The van der Waals surface area contributed by atoms with Gasteiger partial charge in [0.1, 0.15) is 29.3 Å². The van der Waals surface area contributed by atoms with Crippen LogP contribution in [0.15, 0.2) is 60.8 Å². The van der Waals surface area contributed by atoms with Gasteiger partial charge in [-0.15, -0.1) is 0 Å². The third-order valence-electron chi connectivity index (χ3n) is 4.42. The topological polar surface area (TPSA) is 94.5 Å². The van der Waals surface area contributed by atoms with Gasteiger partial charge in [-0.1, -0.05) is 29.8 Å². The molecule has 0 radical (unpaired) electrons. The number of nitriles is 1. The van der Waals surface area contributed by atoms with Gasteiger partial charge in [0.2, 0.25) is 0 Å². The second-order valence-corrected chi connectivity index (χ2v) is 6.79. The summed E-state index contributed by atoms with van der Waals surface area (Å²) in [5.74, 6) is -1.58. The van der Waals surface area contributed by atoms with Crippen molar-refractivity contribution in [2.45, 2.75) is 0 Å². The number of anilines is 1. The van der Waals surface area contributed by atoms with Crippen molar-refractivity contribution in [1.29, 1.82) is 5.26 Å². The monoisotopic (exact) mass is 435 g/mol. The smallest absolute Gasteiger partial charge is 0.259 e. The number of nitrogens with zero attached hydrogens (tertiary/aromatic N) is 3. The maximum atomic E-state index is 14.2. The quantitative estimate of drug-likeness (QED) is 0.461. The van der Waals surface area contributed by atoms with E-state index in [0.29, 0.717) is 11.3 Å². The van der Waals surface area contributed by atoms with Crippen LogP contribution < -0.4 is 5.32 Å². The lowest BCUT2D eigenvalue weighted by Gasteiger charge is -2.06. The minimum Gasteiger partial charge on any atom is -0.337 e. The third-order valence-corrected chi connectivity index (χ3v) is 4.74. The number of carbonyl (C=O) groups excluding carboxylic acids is 1. The van der Waals surface area contributed by atoms with Crippen LogP contribution in [0.5, 0.6) is 0 Å². The number of imidazole rings is 1. The lowest BCUT2D eigenvalue weighted by molar-refractivity contribution is 0.102. The molecule has 0 aliphatic carbocycles. The molecule has 4 rings (SSSR count). The second-order valence-electron chi connectivity index (χ2n) is 6.38. The number of amides is 1. The number of benzene rings is 2. The maximum Gasteiger partial charge on any atom is 0.259 e. The molecule has 0 fully saturated rings. The van der Waals surface area contributed by atoms with E-state index in [-0.39, 0.29) is 33.5 Å². The number of pyridine rings is 1. The average molecular weight is 436 g/mol. The molecule has 0 aliphatic heterocycles. The molecule has 0 unspecified atom stereocenters.